The molecule has 3 rings (SSSR count). The van der Waals surface area contributed by atoms with Crippen molar-refractivity contribution in [2.45, 2.75) is 53.2 Å². The van der Waals surface area contributed by atoms with Gasteiger partial charge in [0.05, 0.1) is 12.2 Å². The van der Waals surface area contributed by atoms with Crippen molar-refractivity contribution >= 4 is 28.2 Å². The van der Waals surface area contributed by atoms with Crippen LogP contribution in [0.3, 0.4) is 0 Å². The summed E-state index contributed by atoms with van der Waals surface area (Å²) >= 11 is 0. The van der Waals surface area contributed by atoms with Crippen molar-refractivity contribution in [1.82, 2.24) is 15.5 Å². The molecule has 6 heteroatoms. The molecule has 0 aliphatic rings. The first-order chi connectivity index (χ1) is 11.7. The summed E-state index contributed by atoms with van der Waals surface area (Å²) in [6, 6.07) is 3.76. The number of hydrogen-bond acceptors (Lipinski definition) is 5. The Balaban J connectivity index is 2.05. The number of amides is 1. The summed E-state index contributed by atoms with van der Waals surface area (Å²) in [5, 5.41) is 12.0. The Morgan fingerprint density at radius 1 is 1.24 bits per heavy atom. The molecule has 0 fully saturated rings. The lowest BCUT2D eigenvalue weighted by Crippen LogP contribution is -2.34. The lowest BCUT2D eigenvalue weighted by molar-refractivity contribution is 0.0508. The lowest BCUT2D eigenvalue weighted by Gasteiger charge is -2.22. The number of aromatic nitrogens is 2. The first-order valence-corrected chi connectivity index (χ1v) is 8.30. The maximum atomic E-state index is 12.1. The fraction of sp³-hybridized carbons (Fsp3) is 0.421. The highest BCUT2D eigenvalue weighted by Crippen LogP contribution is 2.34. The van der Waals surface area contributed by atoms with E-state index in [0.29, 0.717) is 5.58 Å². The SMILES string of the molecule is Cc1cc([C@@H](C)NC(=O)OC(C)(C)C)c2oc3c(C)cnnc3c2c1. The Morgan fingerprint density at radius 2 is 1.96 bits per heavy atom. The molecule has 3 aromatic rings. The van der Waals surface area contributed by atoms with E-state index in [-0.39, 0.29) is 6.04 Å². The van der Waals surface area contributed by atoms with E-state index in [1.807, 2.05) is 53.7 Å². The Morgan fingerprint density at radius 3 is 2.64 bits per heavy atom. The zero-order chi connectivity index (χ0) is 18.4. The summed E-state index contributed by atoms with van der Waals surface area (Å²) in [4.78, 5) is 12.1. The van der Waals surface area contributed by atoms with E-state index < -0.39 is 11.7 Å². The van der Waals surface area contributed by atoms with Crippen molar-refractivity contribution in [2.24, 2.45) is 0 Å². The van der Waals surface area contributed by atoms with Crippen molar-refractivity contribution in [3.63, 3.8) is 0 Å². The van der Waals surface area contributed by atoms with Gasteiger partial charge >= 0.3 is 6.09 Å². The number of fused-ring (bicyclic) bond motifs is 3. The Labute approximate surface area is 146 Å². The third-order valence-corrected chi connectivity index (χ3v) is 3.90. The molecule has 0 radical (unpaired) electrons. The van der Waals surface area contributed by atoms with E-state index in [0.717, 1.165) is 33.2 Å². The maximum Gasteiger partial charge on any atom is 0.408 e. The van der Waals surface area contributed by atoms with Gasteiger partial charge in [0.2, 0.25) is 0 Å². The van der Waals surface area contributed by atoms with Crippen LogP contribution in [0.15, 0.2) is 22.7 Å². The number of aryl methyl sites for hydroxylation is 2. The molecule has 1 atom stereocenters. The van der Waals surface area contributed by atoms with Crippen molar-refractivity contribution < 1.29 is 13.9 Å². The van der Waals surface area contributed by atoms with Crippen LogP contribution in [0.5, 0.6) is 0 Å². The number of carbonyl (C=O) groups is 1. The molecular weight excluding hydrogens is 318 g/mol. The summed E-state index contributed by atoms with van der Waals surface area (Å²) in [6.45, 7) is 11.4. The van der Waals surface area contributed by atoms with Crippen LogP contribution in [0.25, 0.3) is 22.1 Å². The van der Waals surface area contributed by atoms with E-state index in [1.54, 1.807) is 6.20 Å². The molecule has 2 heterocycles. The highest BCUT2D eigenvalue weighted by atomic mass is 16.6. The van der Waals surface area contributed by atoms with Crippen LogP contribution < -0.4 is 5.32 Å². The maximum absolute atomic E-state index is 12.1. The van der Waals surface area contributed by atoms with Crippen molar-refractivity contribution in [3.05, 3.63) is 35.0 Å². The van der Waals surface area contributed by atoms with Gasteiger partial charge in [-0.05, 0) is 53.2 Å². The molecule has 132 valence electrons. The minimum atomic E-state index is -0.544. The first kappa shape index (κ1) is 17.2. The molecule has 1 aromatic carbocycles. The number of furan rings is 1. The Kier molecular flexibility index (Phi) is 4.14. The zero-order valence-electron chi connectivity index (χ0n) is 15.4. The van der Waals surface area contributed by atoms with Gasteiger partial charge in [0.25, 0.3) is 0 Å². The number of hydrogen-bond donors (Lipinski definition) is 1. The summed E-state index contributed by atoms with van der Waals surface area (Å²) < 4.78 is 11.4. The predicted molar refractivity (Wildman–Crippen MR) is 96.6 cm³/mol. The summed E-state index contributed by atoms with van der Waals surface area (Å²) in [6.07, 6.45) is 1.22. The summed E-state index contributed by atoms with van der Waals surface area (Å²) in [5.74, 6) is 0. The molecule has 1 amide bonds. The standard InChI is InChI=1S/C19H23N3O3/c1-10-7-13(12(3)21-18(23)25-19(4,5)6)17-14(8-10)15-16(24-17)11(2)9-20-22-15/h7-9,12H,1-6H3,(H,21,23)/t12-/m1/s1. The van der Waals surface area contributed by atoms with E-state index in [1.165, 1.54) is 0 Å². The second kappa shape index (κ2) is 6.02. The molecule has 2 aromatic heterocycles. The normalized spacial score (nSPS) is 13.2. The molecular formula is C19H23N3O3. The number of nitrogens with zero attached hydrogens (tertiary/aromatic N) is 2. The fourth-order valence-electron chi connectivity index (χ4n) is 2.85. The highest BCUT2D eigenvalue weighted by Gasteiger charge is 2.22. The van der Waals surface area contributed by atoms with Crippen LogP contribution >= 0.6 is 0 Å². The molecule has 0 aliphatic carbocycles. The number of benzene rings is 1. The summed E-state index contributed by atoms with van der Waals surface area (Å²) in [5.41, 5.74) is 4.51. The number of rotatable bonds is 2. The van der Waals surface area contributed by atoms with Gasteiger partial charge in [-0.1, -0.05) is 6.07 Å². The van der Waals surface area contributed by atoms with E-state index in [2.05, 4.69) is 15.5 Å². The number of carbonyl (C=O) groups excluding carboxylic acids is 1. The average molecular weight is 341 g/mol. The van der Waals surface area contributed by atoms with Crippen molar-refractivity contribution in [1.29, 1.82) is 0 Å². The zero-order valence-corrected chi connectivity index (χ0v) is 15.4. The quantitative estimate of drug-likeness (QED) is 0.738. The van der Waals surface area contributed by atoms with Gasteiger partial charge in [0, 0.05) is 16.5 Å². The van der Waals surface area contributed by atoms with Crippen LogP contribution in [-0.4, -0.2) is 21.9 Å². The van der Waals surface area contributed by atoms with Crippen molar-refractivity contribution in [3.8, 4) is 0 Å². The molecule has 0 saturated carbocycles. The number of ether oxygens (including phenoxy) is 1. The lowest BCUT2D eigenvalue weighted by atomic mass is 10.0. The van der Waals surface area contributed by atoms with Crippen LogP contribution in [-0.2, 0) is 4.74 Å². The van der Waals surface area contributed by atoms with Crippen LogP contribution in [0.4, 0.5) is 4.79 Å². The molecule has 6 nitrogen and oxygen atoms in total. The first-order valence-electron chi connectivity index (χ1n) is 8.30. The second-order valence-electron chi connectivity index (χ2n) is 7.41. The van der Waals surface area contributed by atoms with Crippen LogP contribution in [0, 0.1) is 13.8 Å². The number of nitrogens with one attached hydrogen (secondary N) is 1. The molecule has 0 bridgehead atoms. The molecule has 0 spiro atoms. The van der Waals surface area contributed by atoms with Gasteiger partial charge in [0.1, 0.15) is 16.7 Å². The largest absolute Gasteiger partial charge is 0.454 e. The third-order valence-electron chi connectivity index (χ3n) is 3.90. The third kappa shape index (κ3) is 3.43. The number of alkyl carbamates (subject to hydrolysis) is 1. The van der Waals surface area contributed by atoms with E-state index in [4.69, 9.17) is 9.15 Å². The van der Waals surface area contributed by atoms with Gasteiger partial charge in [-0.3, -0.25) is 0 Å². The molecule has 25 heavy (non-hydrogen) atoms. The minimum absolute atomic E-state index is 0.272. The van der Waals surface area contributed by atoms with Gasteiger partial charge in [-0.15, -0.1) is 5.10 Å². The predicted octanol–water partition coefficient (Wildman–Crippen LogP) is 4.58. The topological polar surface area (TPSA) is 77.2 Å². The van der Waals surface area contributed by atoms with Crippen LogP contribution in [0.1, 0.15) is 50.4 Å². The van der Waals surface area contributed by atoms with Gasteiger partial charge in [-0.2, -0.15) is 5.10 Å². The van der Waals surface area contributed by atoms with Gasteiger partial charge in [-0.25, -0.2) is 4.79 Å². The summed E-state index contributed by atoms with van der Waals surface area (Å²) in [7, 11) is 0. The second-order valence-corrected chi connectivity index (χ2v) is 7.41. The molecule has 0 saturated heterocycles. The molecule has 0 unspecified atom stereocenters. The fourth-order valence-corrected chi connectivity index (χ4v) is 2.85. The van der Waals surface area contributed by atoms with E-state index in [9.17, 15) is 4.79 Å². The van der Waals surface area contributed by atoms with E-state index >= 15 is 0 Å². The molecule has 0 aliphatic heterocycles. The Hall–Kier alpha value is -2.63. The minimum Gasteiger partial charge on any atom is -0.454 e. The Bertz CT molecular complexity index is 954. The smallest absolute Gasteiger partial charge is 0.408 e. The van der Waals surface area contributed by atoms with Crippen molar-refractivity contribution in [2.75, 3.05) is 0 Å². The van der Waals surface area contributed by atoms with Crippen LogP contribution in [0.2, 0.25) is 0 Å². The molecule has 1 N–H and O–H groups in total. The van der Waals surface area contributed by atoms with Gasteiger partial charge in [0.15, 0.2) is 5.58 Å². The van der Waals surface area contributed by atoms with Gasteiger partial charge < -0.3 is 14.5 Å². The highest BCUT2D eigenvalue weighted by molar-refractivity contribution is 6.04. The average Bonchev–Trinajstić information content (AvgIpc) is 2.84. The monoisotopic (exact) mass is 341 g/mol.